The first kappa shape index (κ1) is 25.0. The van der Waals surface area contributed by atoms with E-state index in [-0.39, 0.29) is 23.7 Å². The van der Waals surface area contributed by atoms with E-state index in [9.17, 15) is 4.79 Å². The molecule has 1 amide bonds. The van der Waals surface area contributed by atoms with Crippen LogP contribution in [0.25, 0.3) is 0 Å². The second-order valence-electron chi connectivity index (χ2n) is 8.22. The van der Waals surface area contributed by atoms with E-state index in [1.165, 1.54) is 23.1 Å². The lowest BCUT2D eigenvalue weighted by Gasteiger charge is -2.18. The quantitative estimate of drug-likeness (QED) is 0.383. The number of hydrogen-bond donors (Lipinski definition) is 1. The molecule has 1 atom stereocenters. The zero-order valence-corrected chi connectivity index (χ0v) is 21.4. The normalized spacial score (nSPS) is 12.2. The minimum absolute atomic E-state index is 0.158. The molecule has 0 radical (unpaired) electrons. The fourth-order valence-electron chi connectivity index (χ4n) is 2.96. The Hall–Kier alpha value is -2.66. The molecule has 1 aromatic carbocycles. The van der Waals surface area contributed by atoms with Gasteiger partial charge in [0.1, 0.15) is 16.5 Å². The molecule has 178 valence electrons. The maximum atomic E-state index is 12.4. The fraction of sp³-hybridized carbons (Fsp3) is 0.500. The van der Waals surface area contributed by atoms with Crippen LogP contribution in [0.5, 0.6) is 11.5 Å². The lowest BCUT2D eigenvalue weighted by Crippen LogP contribution is -2.17. The smallest absolute Gasteiger partial charge is 0.236 e. The monoisotopic (exact) mass is 490 g/mol. The van der Waals surface area contributed by atoms with Crippen LogP contribution in [0.3, 0.4) is 0 Å². The summed E-state index contributed by atoms with van der Waals surface area (Å²) >= 11 is 2.73. The van der Waals surface area contributed by atoms with Crippen LogP contribution >= 0.6 is 23.1 Å². The van der Waals surface area contributed by atoms with E-state index >= 15 is 0 Å². The van der Waals surface area contributed by atoms with Gasteiger partial charge in [-0.05, 0) is 37.1 Å². The molecule has 0 saturated carbocycles. The zero-order valence-electron chi connectivity index (χ0n) is 19.7. The summed E-state index contributed by atoms with van der Waals surface area (Å²) in [5.74, 6) is 2.88. The molecule has 0 fully saturated rings. The number of carbonyl (C=O) groups excluding carboxylic acids is 1. The van der Waals surface area contributed by atoms with Crippen LogP contribution < -0.4 is 14.8 Å². The van der Waals surface area contributed by atoms with Gasteiger partial charge in [0, 0.05) is 12.5 Å². The minimum atomic E-state index is -0.316. The molecule has 33 heavy (non-hydrogen) atoms. The molecule has 1 unspecified atom stereocenters. The van der Waals surface area contributed by atoms with Crippen LogP contribution in [0.1, 0.15) is 57.5 Å². The Morgan fingerprint density at radius 2 is 1.76 bits per heavy atom. The molecule has 3 rings (SSSR count). The lowest BCUT2D eigenvalue weighted by atomic mass is 10.2. The third kappa shape index (κ3) is 6.91. The van der Waals surface area contributed by atoms with Crippen molar-refractivity contribution in [2.75, 3.05) is 18.2 Å². The van der Waals surface area contributed by atoms with Crippen molar-refractivity contribution in [1.82, 2.24) is 25.0 Å². The van der Waals surface area contributed by atoms with Crippen molar-refractivity contribution in [3.8, 4) is 11.5 Å². The Balaban J connectivity index is 1.66. The predicted molar refractivity (Wildman–Crippen MR) is 130 cm³/mol. The second-order valence-corrected chi connectivity index (χ2v) is 10.2. The first-order valence-corrected chi connectivity index (χ1v) is 12.6. The SMILES string of the molecule is COc1ccc(OC(C)c2nnc(SCC(=O)Nc3nnc(C(C)C)s3)n2CC(C)C)cc1. The van der Waals surface area contributed by atoms with Crippen molar-refractivity contribution in [3.63, 3.8) is 0 Å². The molecule has 3 aromatic rings. The van der Waals surface area contributed by atoms with Gasteiger partial charge in [-0.3, -0.25) is 10.1 Å². The molecule has 2 aromatic heterocycles. The van der Waals surface area contributed by atoms with Crippen molar-refractivity contribution in [1.29, 1.82) is 0 Å². The number of thioether (sulfide) groups is 1. The molecule has 0 spiro atoms. The van der Waals surface area contributed by atoms with E-state index in [2.05, 4.69) is 39.6 Å². The Morgan fingerprint density at radius 1 is 1.06 bits per heavy atom. The molecule has 11 heteroatoms. The van der Waals surface area contributed by atoms with Crippen molar-refractivity contribution in [2.24, 2.45) is 5.92 Å². The van der Waals surface area contributed by atoms with Gasteiger partial charge in [0.15, 0.2) is 17.1 Å². The maximum absolute atomic E-state index is 12.4. The molecular formula is C22H30N6O3S2. The molecule has 0 saturated heterocycles. The van der Waals surface area contributed by atoms with Crippen LogP contribution in [0, 0.1) is 5.92 Å². The van der Waals surface area contributed by atoms with Crippen LogP contribution in [0.2, 0.25) is 0 Å². The number of nitrogens with one attached hydrogen (secondary N) is 1. The zero-order chi connectivity index (χ0) is 24.0. The number of benzene rings is 1. The number of amides is 1. The number of aromatic nitrogens is 5. The van der Waals surface area contributed by atoms with Crippen molar-refractivity contribution >= 4 is 34.1 Å². The fourth-order valence-corrected chi connectivity index (χ4v) is 4.48. The number of nitrogens with zero attached hydrogens (tertiary/aromatic N) is 5. The molecule has 9 nitrogen and oxygen atoms in total. The minimum Gasteiger partial charge on any atom is -0.497 e. The number of methoxy groups -OCH3 is 1. The van der Waals surface area contributed by atoms with Crippen molar-refractivity contribution in [2.45, 2.75) is 58.3 Å². The van der Waals surface area contributed by atoms with E-state index in [0.29, 0.717) is 27.8 Å². The highest BCUT2D eigenvalue weighted by molar-refractivity contribution is 7.99. The van der Waals surface area contributed by atoms with Crippen molar-refractivity contribution in [3.05, 3.63) is 35.1 Å². The second kappa shape index (κ2) is 11.5. The number of carbonyl (C=O) groups is 1. The van der Waals surface area contributed by atoms with Gasteiger partial charge in [0.25, 0.3) is 0 Å². The molecule has 1 N–H and O–H groups in total. The third-order valence-corrected chi connectivity index (χ3v) is 6.65. The van der Waals surface area contributed by atoms with Gasteiger partial charge in [-0.25, -0.2) is 0 Å². The van der Waals surface area contributed by atoms with E-state index in [1.807, 2.05) is 49.6 Å². The average molecular weight is 491 g/mol. The Kier molecular flexibility index (Phi) is 8.67. The third-order valence-electron chi connectivity index (χ3n) is 4.54. The summed E-state index contributed by atoms with van der Waals surface area (Å²) in [4.78, 5) is 12.4. The van der Waals surface area contributed by atoms with Crippen LogP contribution in [0.4, 0.5) is 5.13 Å². The van der Waals surface area contributed by atoms with Gasteiger partial charge in [-0.1, -0.05) is 50.8 Å². The Labute approximate surface area is 202 Å². The van der Waals surface area contributed by atoms with E-state index in [1.54, 1.807) is 7.11 Å². The summed E-state index contributed by atoms with van der Waals surface area (Å²) in [5, 5.41) is 21.7. The highest BCUT2D eigenvalue weighted by atomic mass is 32.2. The number of anilines is 1. The average Bonchev–Trinajstić information content (AvgIpc) is 3.39. The van der Waals surface area contributed by atoms with Gasteiger partial charge in [-0.15, -0.1) is 20.4 Å². The molecule has 0 aliphatic rings. The van der Waals surface area contributed by atoms with Gasteiger partial charge in [-0.2, -0.15) is 0 Å². The van der Waals surface area contributed by atoms with Crippen LogP contribution in [0.15, 0.2) is 29.4 Å². The molecular weight excluding hydrogens is 460 g/mol. The number of rotatable bonds is 11. The largest absolute Gasteiger partial charge is 0.497 e. The molecule has 0 aliphatic carbocycles. The topological polar surface area (TPSA) is 104 Å². The van der Waals surface area contributed by atoms with Gasteiger partial charge in [0.2, 0.25) is 11.0 Å². The van der Waals surface area contributed by atoms with E-state index < -0.39 is 0 Å². The summed E-state index contributed by atoms with van der Waals surface area (Å²) in [6.45, 7) is 11.0. The predicted octanol–water partition coefficient (Wildman–Crippen LogP) is 4.79. The summed E-state index contributed by atoms with van der Waals surface area (Å²) < 4.78 is 13.3. The van der Waals surface area contributed by atoms with Gasteiger partial charge < -0.3 is 14.0 Å². The van der Waals surface area contributed by atoms with Gasteiger partial charge >= 0.3 is 0 Å². The van der Waals surface area contributed by atoms with E-state index in [0.717, 1.165) is 17.3 Å². The lowest BCUT2D eigenvalue weighted by molar-refractivity contribution is -0.113. The Morgan fingerprint density at radius 3 is 2.36 bits per heavy atom. The first-order chi connectivity index (χ1) is 15.8. The van der Waals surface area contributed by atoms with Crippen LogP contribution in [-0.2, 0) is 11.3 Å². The Bertz CT molecular complexity index is 1050. The van der Waals surface area contributed by atoms with Crippen LogP contribution in [-0.4, -0.2) is 43.7 Å². The van der Waals surface area contributed by atoms with Gasteiger partial charge in [0.05, 0.1) is 12.9 Å². The standard InChI is InChI=1S/C22H30N6O3S2/c1-13(2)11-28-19(15(5)31-17-9-7-16(30-6)8-10-17)24-27-22(28)32-12-18(29)23-21-26-25-20(33-21)14(3)4/h7-10,13-15H,11-12H2,1-6H3,(H,23,26,29). The molecule has 0 bridgehead atoms. The number of ether oxygens (including phenoxy) is 2. The summed E-state index contributed by atoms with van der Waals surface area (Å²) in [6, 6.07) is 7.42. The highest BCUT2D eigenvalue weighted by Gasteiger charge is 2.21. The number of hydrogen-bond acceptors (Lipinski definition) is 9. The maximum Gasteiger partial charge on any atom is 0.236 e. The summed E-state index contributed by atoms with van der Waals surface area (Å²) in [7, 11) is 1.63. The molecule has 2 heterocycles. The van der Waals surface area contributed by atoms with E-state index in [4.69, 9.17) is 9.47 Å². The summed E-state index contributed by atoms with van der Waals surface area (Å²) in [6.07, 6.45) is -0.316. The molecule has 0 aliphatic heterocycles. The summed E-state index contributed by atoms with van der Waals surface area (Å²) in [5.41, 5.74) is 0. The first-order valence-electron chi connectivity index (χ1n) is 10.8. The highest BCUT2D eigenvalue weighted by Crippen LogP contribution is 2.27. The van der Waals surface area contributed by atoms with Crippen molar-refractivity contribution < 1.29 is 14.3 Å².